The molecule has 0 radical (unpaired) electrons. The Hall–Kier alpha value is -7.89. The van der Waals surface area contributed by atoms with Crippen LogP contribution in [0, 0.1) is 0 Å². The summed E-state index contributed by atoms with van der Waals surface area (Å²) in [6.07, 6.45) is 1.97. The van der Waals surface area contributed by atoms with Gasteiger partial charge in [0.15, 0.2) is 0 Å². The minimum Gasteiger partial charge on any atom is -0.457 e. The lowest BCUT2D eigenvalue weighted by atomic mass is 9.78. The number of benzene rings is 8. The fourth-order valence-electron chi connectivity index (χ4n) is 12.4. The molecule has 2 aromatic heterocycles. The second kappa shape index (κ2) is 21.1. The van der Waals surface area contributed by atoms with Crippen molar-refractivity contribution in [3.8, 4) is 28.4 Å². The number of rotatable bonds is 12. The molecule has 0 aliphatic carbocycles. The molecule has 1 aliphatic heterocycles. The third kappa shape index (κ3) is 10.8. The normalized spacial score (nSPS) is 13.5. The van der Waals surface area contributed by atoms with Gasteiger partial charge in [0.2, 0.25) is 0 Å². The number of anilines is 4. The van der Waals surface area contributed by atoms with E-state index in [0.717, 1.165) is 39.4 Å². The lowest BCUT2D eigenvalue weighted by Crippen LogP contribution is -2.26. The fraction of sp³-hybridized carbons (Fsp3) is 0.321. The average Bonchev–Trinajstić information content (AvgIpc) is 3.89. The van der Waals surface area contributed by atoms with Crippen molar-refractivity contribution in [2.24, 2.45) is 0 Å². The van der Waals surface area contributed by atoms with E-state index in [-0.39, 0.29) is 27.1 Å². The monoisotopic (exact) mass is 1090 g/mol. The first-order valence-electron chi connectivity index (χ1n) is 30.2. The van der Waals surface area contributed by atoms with Gasteiger partial charge in [-0.15, -0.1) is 0 Å². The van der Waals surface area contributed by atoms with Gasteiger partial charge >= 0.3 is 0 Å². The molecule has 424 valence electrons. The lowest BCUT2D eigenvalue weighted by Gasteiger charge is -2.29. The summed E-state index contributed by atoms with van der Waals surface area (Å²) < 4.78 is 9.63. The zero-order chi connectivity index (χ0) is 59.1. The van der Waals surface area contributed by atoms with Crippen molar-refractivity contribution in [2.45, 2.75) is 157 Å². The van der Waals surface area contributed by atoms with Crippen LogP contribution in [0.25, 0.3) is 38.8 Å². The van der Waals surface area contributed by atoms with Crippen molar-refractivity contribution in [1.82, 2.24) is 9.55 Å². The van der Waals surface area contributed by atoms with Crippen LogP contribution in [0.4, 0.5) is 22.7 Å². The van der Waals surface area contributed by atoms with Crippen LogP contribution >= 0.6 is 0 Å². The molecule has 0 fully saturated rings. The summed E-state index contributed by atoms with van der Waals surface area (Å²) in [6.45, 7) is 40.1. The Morgan fingerprint density at radius 3 is 1.51 bits per heavy atom. The van der Waals surface area contributed by atoms with Crippen LogP contribution in [0.3, 0.4) is 0 Å². The first kappa shape index (κ1) is 56.9. The molecule has 5 heteroatoms. The van der Waals surface area contributed by atoms with Crippen molar-refractivity contribution in [3.05, 3.63) is 238 Å². The molecule has 5 nitrogen and oxygen atoms in total. The first-order valence-corrected chi connectivity index (χ1v) is 30.2. The van der Waals surface area contributed by atoms with Gasteiger partial charge in [0, 0.05) is 51.3 Å². The average molecular weight is 1100 g/mol. The van der Waals surface area contributed by atoms with E-state index in [9.17, 15) is 0 Å². The van der Waals surface area contributed by atoms with Crippen LogP contribution in [0.1, 0.15) is 180 Å². The Morgan fingerprint density at radius 2 is 0.940 bits per heavy atom. The summed E-state index contributed by atoms with van der Waals surface area (Å²) in [7, 11) is 0. The van der Waals surface area contributed by atoms with Gasteiger partial charge in [-0.3, -0.25) is 4.57 Å². The molecule has 0 saturated carbocycles. The summed E-state index contributed by atoms with van der Waals surface area (Å²) in [4.78, 5) is 10.2. The van der Waals surface area contributed by atoms with E-state index >= 15 is 0 Å². The molecule has 0 amide bonds. The molecule has 8 aromatic carbocycles. The maximum Gasteiger partial charge on any atom is 0.137 e. The summed E-state index contributed by atoms with van der Waals surface area (Å²) in [5.41, 5.74) is 20.2. The minimum absolute atomic E-state index is 0.0391. The Balaban J connectivity index is 1.08. The van der Waals surface area contributed by atoms with Crippen LogP contribution < -0.4 is 14.5 Å². The standard InChI is InChI=1S/C78H86N4O/c1-50(2)64-29-24-30-65(51(3)4)73(64)52-31-35-69-71(39-52)81(49-80(69)60-41-57(74(5,6)7)40-58(42-60)75(8,9)10)61-43-59(76(11,12)13)44-63(47-61)83-62-33-34-66-67-45-55(77(14,15)53-25-20-18-21-26-53)32-36-68(67)82(70(66)48-62)72-46-56(37-38-79-72)78(16,17)54-27-22-19-23-28-54/h18-48,50-51H,49H2,1-17H3. The number of hydrogen-bond acceptors (Lipinski definition) is 4. The number of fused-ring (bicyclic) bond motifs is 4. The number of hydrogen-bond donors (Lipinski definition) is 0. The second-order valence-corrected chi connectivity index (χ2v) is 28.3. The summed E-state index contributed by atoms with van der Waals surface area (Å²) in [6, 6.07) is 68.0. The van der Waals surface area contributed by atoms with E-state index in [0.29, 0.717) is 18.5 Å². The molecule has 0 N–H and O–H groups in total. The Morgan fingerprint density at radius 1 is 0.398 bits per heavy atom. The van der Waals surface area contributed by atoms with Gasteiger partial charge < -0.3 is 14.5 Å². The van der Waals surface area contributed by atoms with Gasteiger partial charge in [0.25, 0.3) is 0 Å². The van der Waals surface area contributed by atoms with Crippen LogP contribution in [0.15, 0.2) is 188 Å². The van der Waals surface area contributed by atoms with Crippen molar-refractivity contribution >= 4 is 44.6 Å². The molecule has 11 rings (SSSR count). The highest BCUT2D eigenvalue weighted by molar-refractivity contribution is 6.10. The number of ether oxygens (including phenoxy) is 1. The zero-order valence-corrected chi connectivity index (χ0v) is 52.5. The molecular weight excluding hydrogens is 1010 g/mol. The van der Waals surface area contributed by atoms with Crippen LogP contribution in [0.2, 0.25) is 0 Å². The molecule has 1 aliphatic rings. The molecular formula is C78H86N4O. The zero-order valence-electron chi connectivity index (χ0n) is 52.5. The summed E-state index contributed by atoms with van der Waals surface area (Å²) in [5.74, 6) is 3.14. The van der Waals surface area contributed by atoms with E-state index < -0.39 is 0 Å². The van der Waals surface area contributed by atoms with E-state index in [1.165, 1.54) is 83.6 Å². The molecule has 0 spiro atoms. The van der Waals surface area contributed by atoms with Gasteiger partial charge in [-0.1, -0.05) is 215 Å². The maximum atomic E-state index is 7.29. The predicted octanol–water partition coefficient (Wildman–Crippen LogP) is 21.7. The molecule has 0 bridgehead atoms. The van der Waals surface area contributed by atoms with Crippen molar-refractivity contribution < 1.29 is 4.74 Å². The Bertz CT molecular complexity index is 3980. The lowest BCUT2D eigenvalue weighted by molar-refractivity contribution is 0.479. The topological polar surface area (TPSA) is 33.5 Å². The largest absolute Gasteiger partial charge is 0.457 e. The second-order valence-electron chi connectivity index (χ2n) is 28.3. The number of nitrogens with zero attached hydrogens (tertiary/aromatic N) is 4. The summed E-state index contributed by atoms with van der Waals surface area (Å²) >= 11 is 0. The van der Waals surface area contributed by atoms with E-state index in [1.807, 2.05) is 6.20 Å². The highest BCUT2D eigenvalue weighted by Gasteiger charge is 2.34. The van der Waals surface area contributed by atoms with Gasteiger partial charge in [-0.25, -0.2) is 4.98 Å². The third-order valence-corrected chi connectivity index (χ3v) is 17.9. The number of aromatic nitrogens is 2. The highest BCUT2D eigenvalue weighted by atomic mass is 16.5. The molecule has 3 heterocycles. The van der Waals surface area contributed by atoms with Gasteiger partial charge in [0.05, 0.1) is 22.4 Å². The van der Waals surface area contributed by atoms with Gasteiger partial charge in [-0.05, 0) is 162 Å². The SMILES string of the molecule is CC(C)c1cccc(C(C)C)c1-c1ccc2c(c1)N(c1cc(Oc3ccc4c5cc(C(C)(C)c6ccccc6)ccc5n(-c5cc(C(C)(C)c6ccccc6)ccn5)c4c3)cc(C(C)(C)C)c1)CN2c1cc(C(C)(C)C)cc(C(C)(C)C)c1. The van der Waals surface area contributed by atoms with Crippen molar-refractivity contribution in [1.29, 1.82) is 0 Å². The van der Waals surface area contributed by atoms with E-state index in [2.05, 4.69) is 314 Å². The Labute approximate surface area is 496 Å². The minimum atomic E-state index is -0.259. The van der Waals surface area contributed by atoms with Crippen LogP contribution in [0.5, 0.6) is 11.5 Å². The summed E-state index contributed by atoms with van der Waals surface area (Å²) in [5, 5.41) is 2.32. The predicted molar refractivity (Wildman–Crippen MR) is 354 cm³/mol. The third-order valence-electron chi connectivity index (χ3n) is 17.9. The van der Waals surface area contributed by atoms with Crippen molar-refractivity contribution in [2.75, 3.05) is 16.5 Å². The molecule has 10 aromatic rings. The van der Waals surface area contributed by atoms with Gasteiger partial charge in [0.1, 0.15) is 24.0 Å². The van der Waals surface area contributed by atoms with E-state index in [1.54, 1.807) is 0 Å². The smallest absolute Gasteiger partial charge is 0.137 e. The fourth-order valence-corrected chi connectivity index (χ4v) is 12.4. The Kier molecular flexibility index (Phi) is 14.5. The first-order chi connectivity index (χ1) is 39.2. The molecule has 0 atom stereocenters. The molecule has 0 unspecified atom stereocenters. The maximum absolute atomic E-state index is 7.29. The van der Waals surface area contributed by atoms with Gasteiger partial charge in [-0.2, -0.15) is 0 Å². The number of pyridine rings is 1. The molecule has 0 saturated heterocycles. The van der Waals surface area contributed by atoms with Crippen molar-refractivity contribution in [3.63, 3.8) is 0 Å². The van der Waals surface area contributed by atoms with Crippen LogP contribution in [-0.4, -0.2) is 16.2 Å². The highest BCUT2D eigenvalue weighted by Crippen LogP contribution is 2.51. The van der Waals surface area contributed by atoms with E-state index in [4.69, 9.17) is 9.72 Å². The molecule has 83 heavy (non-hydrogen) atoms. The quantitative estimate of drug-likeness (QED) is 0.122. The van der Waals surface area contributed by atoms with Crippen LogP contribution in [-0.2, 0) is 27.1 Å².